The molecule has 1 N–H and O–H groups in total. The summed E-state index contributed by atoms with van der Waals surface area (Å²) >= 11 is 1.18. The van der Waals surface area contributed by atoms with Gasteiger partial charge in [0.25, 0.3) is 0 Å². The van der Waals surface area contributed by atoms with Crippen LogP contribution in [-0.4, -0.2) is 47.4 Å². The van der Waals surface area contributed by atoms with Gasteiger partial charge >= 0.3 is 0 Å². The first-order chi connectivity index (χ1) is 18.0. The molecule has 0 aromatic heterocycles. The van der Waals surface area contributed by atoms with E-state index in [-0.39, 0.29) is 23.9 Å². The summed E-state index contributed by atoms with van der Waals surface area (Å²) < 4.78 is 24.9. The molecule has 37 heavy (non-hydrogen) atoms. The lowest BCUT2D eigenvalue weighted by Crippen LogP contribution is -2.35. The molecule has 9 heteroatoms. The van der Waals surface area contributed by atoms with Crippen LogP contribution in [0, 0.1) is 5.82 Å². The van der Waals surface area contributed by atoms with Crippen LogP contribution in [0.4, 0.5) is 15.8 Å². The van der Waals surface area contributed by atoms with E-state index in [0.29, 0.717) is 36.2 Å². The standard InChI is InChI=1S/C28H28FN3O4S/c1-3-36-22-14-10-20(11-15-22)30-26(33)18-25-27(34)32(17-16-19-8-12-21(35-2)13-9-19)28(37-25)31-24-7-5-4-6-23(24)29/h4-15,25H,3,16-18H2,1-2H3,(H,30,33)/t25-/m0/s1. The first kappa shape index (κ1) is 26.2. The molecule has 1 fully saturated rings. The highest BCUT2D eigenvalue weighted by atomic mass is 32.2. The van der Waals surface area contributed by atoms with Crippen LogP contribution in [0.3, 0.4) is 0 Å². The van der Waals surface area contributed by atoms with Gasteiger partial charge in [0, 0.05) is 18.7 Å². The molecule has 1 saturated heterocycles. The molecule has 192 valence electrons. The lowest BCUT2D eigenvalue weighted by atomic mass is 10.1. The van der Waals surface area contributed by atoms with Crippen molar-refractivity contribution in [1.82, 2.24) is 4.90 Å². The van der Waals surface area contributed by atoms with E-state index in [2.05, 4.69) is 10.3 Å². The fourth-order valence-electron chi connectivity index (χ4n) is 3.79. The van der Waals surface area contributed by atoms with Gasteiger partial charge in [0.2, 0.25) is 11.8 Å². The average molecular weight is 522 g/mol. The third-order valence-corrected chi connectivity index (χ3v) is 6.87. The summed E-state index contributed by atoms with van der Waals surface area (Å²) in [5.74, 6) is 0.461. The molecule has 0 aliphatic carbocycles. The number of carbonyl (C=O) groups is 2. The van der Waals surface area contributed by atoms with Crippen LogP contribution in [0.2, 0.25) is 0 Å². The van der Waals surface area contributed by atoms with Gasteiger partial charge in [0.15, 0.2) is 5.17 Å². The van der Waals surface area contributed by atoms with Gasteiger partial charge in [0.1, 0.15) is 28.3 Å². The zero-order valence-corrected chi connectivity index (χ0v) is 21.5. The molecule has 3 aromatic carbocycles. The Labute approximate surface area is 219 Å². The first-order valence-corrected chi connectivity index (χ1v) is 12.8. The highest BCUT2D eigenvalue weighted by molar-refractivity contribution is 8.15. The number of amidine groups is 1. The number of nitrogens with one attached hydrogen (secondary N) is 1. The zero-order chi connectivity index (χ0) is 26.2. The minimum Gasteiger partial charge on any atom is -0.497 e. The molecule has 1 aliphatic heterocycles. The number of thioether (sulfide) groups is 1. The molecule has 0 unspecified atom stereocenters. The third kappa shape index (κ3) is 6.89. The molecule has 0 saturated carbocycles. The second-order valence-corrected chi connectivity index (χ2v) is 9.42. The molecule has 0 spiro atoms. The summed E-state index contributed by atoms with van der Waals surface area (Å²) in [5, 5.41) is 2.54. The van der Waals surface area contributed by atoms with E-state index in [1.807, 2.05) is 31.2 Å². The number of amides is 2. The highest BCUT2D eigenvalue weighted by Crippen LogP contribution is 2.33. The number of rotatable bonds is 10. The minimum atomic E-state index is -0.663. The van der Waals surface area contributed by atoms with Crippen molar-refractivity contribution in [3.05, 3.63) is 84.2 Å². The molecule has 7 nitrogen and oxygen atoms in total. The predicted octanol–water partition coefficient (Wildman–Crippen LogP) is 5.44. The van der Waals surface area contributed by atoms with Crippen molar-refractivity contribution < 1.29 is 23.5 Å². The quantitative estimate of drug-likeness (QED) is 0.385. The van der Waals surface area contributed by atoms with Crippen molar-refractivity contribution in [1.29, 1.82) is 0 Å². The monoisotopic (exact) mass is 521 g/mol. The van der Waals surface area contributed by atoms with Crippen molar-refractivity contribution in [2.45, 2.75) is 25.0 Å². The maximum atomic E-state index is 14.3. The Morgan fingerprint density at radius 1 is 1.05 bits per heavy atom. The number of halogens is 1. The lowest BCUT2D eigenvalue weighted by Gasteiger charge is -2.17. The van der Waals surface area contributed by atoms with Crippen LogP contribution < -0.4 is 14.8 Å². The highest BCUT2D eigenvalue weighted by Gasteiger charge is 2.39. The van der Waals surface area contributed by atoms with Crippen molar-refractivity contribution in [3.63, 3.8) is 0 Å². The molecule has 0 bridgehead atoms. The normalized spacial score (nSPS) is 16.2. The maximum Gasteiger partial charge on any atom is 0.242 e. The Morgan fingerprint density at radius 3 is 2.43 bits per heavy atom. The Balaban J connectivity index is 1.47. The summed E-state index contributed by atoms with van der Waals surface area (Å²) in [5.41, 5.74) is 1.77. The van der Waals surface area contributed by atoms with Crippen molar-refractivity contribution >= 4 is 40.1 Å². The van der Waals surface area contributed by atoms with Crippen molar-refractivity contribution in [2.24, 2.45) is 4.99 Å². The summed E-state index contributed by atoms with van der Waals surface area (Å²) in [6.07, 6.45) is 0.531. The molecule has 4 rings (SSSR count). The summed E-state index contributed by atoms with van der Waals surface area (Å²) in [7, 11) is 1.60. The number of nitrogens with zero attached hydrogens (tertiary/aromatic N) is 2. The maximum absolute atomic E-state index is 14.3. The summed E-state index contributed by atoms with van der Waals surface area (Å²) in [6.45, 7) is 2.80. The van der Waals surface area contributed by atoms with Crippen molar-refractivity contribution in [2.75, 3.05) is 25.6 Å². The van der Waals surface area contributed by atoms with Gasteiger partial charge in [-0.2, -0.15) is 0 Å². The van der Waals surface area contributed by atoms with Crippen molar-refractivity contribution in [3.8, 4) is 11.5 Å². The Kier molecular flexibility index (Phi) is 8.79. The third-order valence-electron chi connectivity index (χ3n) is 5.69. The second-order valence-electron chi connectivity index (χ2n) is 8.25. The summed E-state index contributed by atoms with van der Waals surface area (Å²) in [4.78, 5) is 32.1. The van der Waals surface area contributed by atoms with Crippen LogP contribution >= 0.6 is 11.8 Å². The van der Waals surface area contributed by atoms with Crippen LogP contribution in [-0.2, 0) is 16.0 Å². The van der Waals surface area contributed by atoms with Gasteiger partial charge < -0.3 is 14.8 Å². The molecule has 3 aromatic rings. The summed E-state index contributed by atoms with van der Waals surface area (Å²) in [6, 6.07) is 20.8. The Bertz CT molecular complexity index is 1270. The number of carbonyl (C=O) groups excluding carboxylic acids is 2. The minimum absolute atomic E-state index is 0.0357. The number of para-hydroxylation sites is 1. The first-order valence-electron chi connectivity index (χ1n) is 11.9. The lowest BCUT2D eigenvalue weighted by molar-refractivity contribution is -0.128. The fourth-order valence-corrected chi connectivity index (χ4v) is 4.97. The molecule has 1 atom stereocenters. The van der Waals surface area contributed by atoms with Gasteiger partial charge in [-0.25, -0.2) is 9.38 Å². The van der Waals surface area contributed by atoms with Gasteiger partial charge in [0.05, 0.1) is 13.7 Å². The Morgan fingerprint density at radius 2 is 1.76 bits per heavy atom. The van der Waals surface area contributed by atoms with Crippen LogP contribution in [0.1, 0.15) is 18.9 Å². The molecular weight excluding hydrogens is 493 g/mol. The molecular formula is C28H28FN3O4S. The van der Waals surface area contributed by atoms with Crippen LogP contribution in [0.15, 0.2) is 77.8 Å². The van der Waals surface area contributed by atoms with E-state index in [1.54, 1.807) is 49.6 Å². The number of aliphatic imine (C=N–C) groups is 1. The SMILES string of the molecule is CCOc1ccc(NC(=O)C[C@@H]2SC(=Nc3ccccc3F)N(CCc3ccc(OC)cc3)C2=O)cc1. The number of anilines is 1. The molecule has 1 heterocycles. The number of methoxy groups -OCH3 is 1. The van der Waals surface area contributed by atoms with Gasteiger partial charge in [-0.3, -0.25) is 14.5 Å². The van der Waals surface area contributed by atoms with E-state index in [1.165, 1.54) is 22.7 Å². The number of ether oxygens (including phenoxy) is 2. The average Bonchev–Trinajstić information content (AvgIpc) is 3.19. The van der Waals surface area contributed by atoms with E-state index in [0.717, 1.165) is 11.3 Å². The smallest absolute Gasteiger partial charge is 0.242 e. The van der Waals surface area contributed by atoms with Gasteiger partial charge in [-0.15, -0.1) is 0 Å². The van der Waals surface area contributed by atoms with E-state index in [9.17, 15) is 14.0 Å². The topological polar surface area (TPSA) is 80.2 Å². The molecule has 2 amide bonds. The van der Waals surface area contributed by atoms with Gasteiger partial charge in [-0.1, -0.05) is 36.0 Å². The van der Waals surface area contributed by atoms with Crippen LogP contribution in [0.25, 0.3) is 0 Å². The fraction of sp³-hybridized carbons (Fsp3) is 0.250. The van der Waals surface area contributed by atoms with Gasteiger partial charge in [-0.05, 0) is 67.4 Å². The van der Waals surface area contributed by atoms with E-state index >= 15 is 0 Å². The zero-order valence-electron chi connectivity index (χ0n) is 20.6. The van der Waals surface area contributed by atoms with Crippen LogP contribution in [0.5, 0.6) is 11.5 Å². The number of hydrogen-bond donors (Lipinski definition) is 1. The Hall–Kier alpha value is -3.85. The number of hydrogen-bond acceptors (Lipinski definition) is 6. The van der Waals surface area contributed by atoms with E-state index < -0.39 is 11.1 Å². The predicted molar refractivity (Wildman–Crippen MR) is 144 cm³/mol. The molecule has 0 radical (unpaired) electrons. The second kappa shape index (κ2) is 12.4. The largest absolute Gasteiger partial charge is 0.497 e. The molecule has 1 aliphatic rings. The number of benzene rings is 3. The van der Waals surface area contributed by atoms with E-state index in [4.69, 9.17) is 9.47 Å².